The summed E-state index contributed by atoms with van der Waals surface area (Å²) in [6.07, 6.45) is 4.93. The highest BCUT2D eigenvalue weighted by molar-refractivity contribution is 9.10. The van der Waals surface area contributed by atoms with Crippen molar-refractivity contribution >= 4 is 45.7 Å². The van der Waals surface area contributed by atoms with Crippen molar-refractivity contribution in [1.29, 1.82) is 0 Å². The molecule has 1 saturated heterocycles. The minimum atomic E-state index is 0.0154. The Morgan fingerprint density at radius 1 is 1.09 bits per heavy atom. The van der Waals surface area contributed by atoms with Gasteiger partial charge in [-0.2, -0.15) is 20.1 Å². The van der Waals surface area contributed by atoms with Crippen LogP contribution in [0, 0.1) is 0 Å². The number of piperidine rings is 1. The number of aromatic hydroxyl groups is 1. The van der Waals surface area contributed by atoms with Gasteiger partial charge < -0.3 is 20.1 Å². The van der Waals surface area contributed by atoms with Crippen molar-refractivity contribution in [3.05, 3.63) is 52.5 Å². The summed E-state index contributed by atoms with van der Waals surface area (Å²) in [7, 11) is 0. The fourth-order valence-electron chi connectivity index (χ4n) is 3.47. The van der Waals surface area contributed by atoms with Gasteiger partial charge in [0.25, 0.3) is 0 Å². The predicted molar refractivity (Wildman–Crippen MR) is 134 cm³/mol. The Bertz CT molecular complexity index is 1110. The molecule has 1 fully saturated rings. The number of hydrogen-bond donors (Lipinski definition) is 3. The van der Waals surface area contributed by atoms with Crippen LogP contribution in [0.1, 0.15) is 31.7 Å². The number of nitrogens with zero attached hydrogens (tertiary/aromatic N) is 5. The number of halogens is 1. The van der Waals surface area contributed by atoms with Gasteiger partial charge in [0, 0.05) is 28.8 Å². The second-order valence-electron chi connectivity index (χ2n) is 7.47. The molecule has 2 aromatic carbocycles. The van der Waals surface area contributed by atoms with E-state index in [0.717, 1.165) is 36.1 Å². The minimum absolute atomic E-state index is 0.0154. The Balaban J connectivity index is 1.58. The van der Waals surface area contributed by atoms with E-state index < -0.39 is 0 Å². The standard InChI is InChI=1S/C23H26BrN7O2/c1-2-33-19-14-17(24)13-16(20(19)32)15-25-30-22-27-21(26-18-9-5-3-6-10-18)28-23(29-22)31-11-7-4-8-12-31/h3,5-6,9-10,13-15,32H,2,4,7-8,11-12H2,1H3,(H2,26,27,28,29,30). The third kappa shape index (κ3) is 6.10. The van der Waals surface area contributed by atoms with Gasteiger partial charge in [-0.1, -0.05) is 34.1 Å². The number of anilines is 4. The number of nitrogens with one attached hydrogen (secondary N) is 2. The van der Waals surface area contributed by atoms with E-state index in [0.29, 0.717) is 35.8 Å². The first kappa shape index (κ1) is 22.8. The van der Waals surface area contributed by atoms with Crippen molar-refractivity contribution in [3.8, 4) is 11.5 Å². The highest BCUT2D eigenvalue weighted by Crippen LogP contribution is 2.33. The normalized spacial score (nSPS) is 13.8. The zero-order valence-corrected chi connectivity index (χ0v) is 19.9. The van der Waals surface area contributed by atoms with Gasteiger partial charge in [0.15, 0.2) is 11.5 Å². The third-order valence-electron chi connectivity index (χ3n) is 5.03. The molecular formula is C23H26BrN7O2. The van der Waals surface area contributed by atoms with Crippen LogP contribution in [0.3, 0.4) is 0 Å². The second kappa shape index (κ2) is 11.0. The molecule has 1 aliphatic heterocycles. The van der Waals surface area contributed by atoms with Crippen LogP contribution < -0.4 is 20.4 Å². The largest absolute Gasteiger partial charge is 0.504 e. The first-order valence-electron chi connectivity index (χ1n) is 10.9. The Kier molecular flexibility index (Phi) is 7.56. The maximum Gasteiger partial charge on any atom is 0.250 e. The number of para-hydroxylation sites is 1. The van der Waals surface area contributed by atoms with E-state index in [9.17, 15) is 5.11 Å². The molecule has 0 atom stereocenters. The highest BCUT2D eigenvalue weighted by Gasteiger charge is 2.16. The van der Waals surface area contributed by atoms with Gasteiger partial charge in [-0.15, -0.1) is 0 Å². The number of hydrogen-bond acceptors (Lipinski definition) is 9. The summed E-state index contributed by atoms with van der Waals surface area (Å²) < 4.78 is 6.24. The maximum absolute atomic E-state index is 10.4. The number of hydrazone groups is 1. The Morgan fingerprint density at radius 3 is 2.61 bits per heavy atom. The molecule has 0 amide bonds. The van der Waals surface area contributed by atoms with Gasteiger partial charge in [-0.3, -0.25) is 0 Å². The molecule has 0 unspecified atom stereocenters. The molecule has 172 valence electrons. The first-order valence-corrected chi connectivity index (χ1v) is 11.7. The molecule has 0 radical (unpaired) electrons. The number of phenols is 1. The summed E-state index contributed by atoms with van der Waals surface area (Å²) in [6, 6.07) is 13.2. The van der Waals surface area contributed by atoms with Gasteiger partial charge in [-0.25, -0.2) is 5.43 Å². The summed E-state index contributed by atoms with van der Waals surface area (Å²) in [6.45, 7) is 4.12. The molecule has 0 aliphatic carbocycles. The summed E-state index contributed by atoms with van der Waals surface area (Å²) in [5, 5.41) is 17.9. The number of ether oxygens (including phenoxy) is 1. The third-order valence-corrected chi connectivity index (χ3v) is 5.49. The monoisotopic (exact) mass is 511 g/mol. The Hall–Kier alpha value is -3.40. The van der Waals surface area contributed by atoms with Crippen molar-refractivity contribution in [2.24, 2.45) is 5.10 Å². The van der Waals surface area contributed by atoms with Crippen LogP contribution >= 0.6 is 15.9 Å². The van der Waals surface area contributed by atoms with E-state index in [1.54, 1.807) is 12.1 Å². The van der Waals surface area contributed by atoms with Gasteiger partial charge in [0.2, 0.25) is 17.8 Å². The quantitative estimate of drug-likeness (QED) is 0.289. The average Bonchev–Trinajstić information content (AvgIpc) is 2.83. The number of phenolic OH excluding ortho intramolecular Hbond substituents is 1. The van der Waals surface area contributed by atoms with Gasteiger partial charge in [0.1, 0.15) is 0 Å². The zero-order chi connectivity index (χ0) is 23.0. The summed E-state index contributed by atoms with van der Waals surface area (Å²) in [5.74, 6) is 1.74. The molecule has 1 aliphatic rings. The lowest BCUT2D eigenvalue weighted by Crippen LogP contribution is -2.31. The lowest BCUT2D eigenvalue weighted by molar-refractivity contribution is 0.317. The van der Waals surface area contributed by atoms with Gasteiger partial charge >= 0.3 is 0 Å². The minimum Gasteiger partial charge on any atom is -0.504 e. The van der Waals surface area contributed by atoms with E-state index in [-0.39, 0.29) is 5.75 Å². The first-order chi connectivity index (χ1) is 16.1. The van der Waals surface area contributed by atoms with Crippen LogP contribution in [0.15, 0.2) is 52.0 Å². The van der Waals surface area contributed by atoms with Crippen molar-refractivity contribution in [2.75, 3.05) is 35.3 Å². The summed E-state index contributed by atoms with van der Waals surface area (Å²) in [5.41, 5.74) is 4.24. The molecule has 0 saturated carbocycles. The van der Waals surface area contributed by atoms with Crippen LogP contribution in [-0.2, 0) is 0 Å². The second-order valence-corrected chi connectivity index (χ2v) is 8.38. The van der Waals surface area contributed by atoms with E-state index in [4.69, 9.17) is 4.74 Å². The lowest BCUT2D eigenvalue weighted by Gasteiger charge is -2.26. The smallest absolute Gasteiger partial charge is 0.250 e. The van der Waals surface area contributed by atoms with Gasteiger partial charge in [0.05, 0.1) is 12.8 Å². The molecule has 33 heavy (non-hydrogen) atoms. The molecule has 10 heteroatoms. The van der Waals surface area contributed by atoms with Crippen LogP contribution in [0.25, 0.3) is 0 Å². The summed E-state index contributed by atoms with van der Waals surface area (Å²) >= 11 is 3.43. The fourth-order valence-corrected chi connectivity index (χ4v) is 3.93. The molecule has 4 rings (SSSR count). The predicted octanol–water partition coefficient (Wildman–Crippen LogP) is 4.92. The van der Waals surface area contributed by atoms with Crippen LogP contribution in [0.2, 0.25) is 0 Å². The average molecular weight is 512 g/mol. The Labute approximate surface area is 201 Å². The SMILES string of the molecule is CCOc1cc(Br)cc(C=NNc2nc(Nc3ccccc3)nc(N3CCCCC3)n2)c1O. The molecule has 0 spiro atoms. The van der Waals surface area contributed by atoms with Crippen molar-refractivity contribution in [1.82, 2.24) is 15.0 Å². The van der Waals surface area contributed by atoms with Crippen molar-refractivity contribution < 1.29 is 9.84 Å². The molecule has 3 aromatic rings. The van der Waals surface area contributed by atoms with Gasteiger partial charge in [-0.05, 0) is 50.5 Å². The van der Waals surface area contributed by atoms with E-state index >= 15 is 0 Å². The molecular weight excluding hydrogens is 486 g/mol. The van der Waals surface area contributed by atoms with Crippen molar-refractivity contribution in [2.45, 2.75) is 26.2 Å². The fraction of sp³-hybridized carbons (Fsp3) is 0.304. The summed E-state index contributed by atoms with van der Waals surface area (Å²) in [4.78, 5) is 15.8. The molecule has 2 heterocycles. The van der Waals surface area contributed by atoms with Crippen LogP contribution in [0.4, 0.5) is 23.5 Å². The number of benzene rings is 2. The topological polar surface area (TPSA) is 108 Å². The van der Waals surface area contributed by atoms with Crippen LogP contribution in [0.5, 0.6) is 11.5 Å². The maximum atomic E-state index is 10.4. The van der Waals surface area contributed by atoms with E-state index in [1.165, 1.54) is 12.6 Å². The lowest BCUT2D eigenvalue weighted by atomic mass is 10.1. The molecule has 9 nitrogen and oxygen atoms in total. The molecule has 0 bridgehead atoms. The number of rotatable bonds is 8. The Morgan fingerprint density at radius 2 is 1.85 bits per heavy atom. The molecule has 1 aromatic heterocycles. The zero-order valence-electron chi connectivity index (χ0n) is 18.3. The number of aromatic nitrogens is 3. The van der Waals surface area contributed by atoms with E-state index in [1.807, 2.05) is 37.3 Å². The van der Waals surface area contributed by atoms with E-state index in [2.05, 4.69) is 51.6 Å². The molecule has 3 N–H and O–H groups in total. The van der Waals surface area contributed by atoms with Crippen molar-refractivity contribution in [3.63, 3.8) is 0 Å². The highest BCUT2D eigenvalue weighted by atomic mass is 79.9. The van der Waals surface area contributed by atoms with Crippen LogP contribution in [-0.4, -0.2) is 46.0 Å².